The van der Waals surface area contributed by atoms with Gasteiger partial charge in [-0.05, 0) is 66.2 Å². The first kappa shape index (κ1) is 21.6. The zero-order valence-corrected chi connectivity index (χ0v) is 17.8. The number of hydrogen-bond donors (Lipinski definition) is 2. The van der Waals surface area contributed by atoms with Crippen molar-refractivity contribution in [2.24, 2.45) is 0 Å². The van der Waals surface area contributed by atoms with Crippen LogP contribution in [0.4, 0.5) is 5.69 Å². The average molecular weight is 468 g/mol. The maximum Gasteiger partial charge on any atom is 0.335 e. The molecule has 1 fully saturated rings. The number of aliphatic hydroxyl groups is 1. The van der Waals surface area contributed by atoms with E-state index in [0.29, 0.717) is 26.9 Å². The molecule has 2 N–H and O–H groups in total. The van der Waals surface area contributed by atoms with E-state index in [4.69, 9.17) is 28.3 Å². The second-order valence-electron chi connectivity index (χ2n) is 7.08. The molecule has 1 aliphatic heterocycles. The number of carboxylic acid groups (broad SMARTS) is 1. The van der Waals surface area contributed by atoms with E-state index >= 15 is 0 Å². The predicted molar refractivity (Wildman–Crippen MR) is 121 cm³/mol. The summed E-state index contributed by atoms with van der Waals surface area (Å²) in [6, 6.07) is 17.4. The molecule has 0 aromatic heterocycles. The van der Waals surface area contributed by atoms with Crippen molar-refractivity contribution in [2.75, 3.05) is 4.90 Å². The van der Waals surface area contributed by atoms with Crippen LogP contribution in [0.25, 0.3) is 5.76 Å². The summed E-state index contributed by atoms with van der Waals surface area (Å²) in [5.41, 5.74) is 1.13. The fourth-order valence-electron chi connectivity index (χ4n) is 3.59. The molecular weight excluding hydrogens is 453 g/mol. The van der Waals surface area contributed by atoms with E-state index in [-0.39, 0.29) is 16.9 Å². The Kier molecular flexibility index (Phi) is 5.74. The Labute approximate surface area is 192 Å². The summed E-state index contributed by atoms with van der Waals surface area (Å²) in [6.07, 6.45) is 0. The number of ketones is 1. The van der Waals surface area contributed by atoms with E-state index in [2.05, 4.69) is 0 Å². The fraction of sp³-hybridized carbons (Fsp3) is 0.0417. The van der Waals surface area contributed by atoms with E-state index in [1.165, 1.54) is 29.2 Å². The Balaban J connectivity index is 1.91. The minimum absolute atomic E-state index is 0.0366. The molecule has 0 aliphatic carbocycles. The standard InChI is InChI=1S/C24H15Cl2NO5/c25-16-7-1-13(2-8-16)20-19(21(28)14-3-9-17(26)10-4-14)22(29)23(30)27(20)18-11-5-15(6-12-18)24(31)32/h1-12,20,28H,(H,31,32)/b21-19+/t20-/m0/s1. The molecule has 0 unspecified atom stereocenters. The molecule has 4 rings (SSSR count). The molecule has 1 atom stereocenters. The summed E-state index contributed by atoms with van der Waals surface area (Å²) in [6.45, 7) is 0. The number of carbonyl (C=O) groups excluding carboxylic acids is 2. The monoisotopic (exact) mass is 467 g/mol. The predicted octanol–water partition coefficient (Wildman–Crippen LogP) is 5.32. The average Bonchev–Trinajstić information content (AvgIpc) is 3.05. The second kappa shape index (κ2) is 8.49. The van der Waals surface area contributed by atoms with Gasteiger partial charge < -0.3 is 10.2 Å². The van der Waals surface area contributed by atoms with Crippen LogP contribution < -0.4 is 4.90 Å². The van der Waals surface area contributed by atoms with Gasteiger partial charge in [0.2, 0.25) is 0 Å². The lowest BCUT2D eigenvalue weighted by molar-refractivity contribution is -0.132. The first-order chi connectivity index (χ1) is 15.3. The van der Waals surface area contributed by atoms with Gasteiger partial charge in [-0.1, -0.05) is 35.3 Å². The van der Waals surface area contributed by atoms with Crippen LogP contribution in [0.1, 0.15) is 27.5 Å². The SMILES string of the molecule is O=C1C(=O)N(c2ccc(C(=O)O)cc2)[C@@H](c2ccc(Cl)cc2)/C1=C(\O)c1ccc(Cl)cc1. The molecule has 0 saturated carbocycles. The number of carbonyl (C=O) groups is 3. The maximum atomic E-state index is 13.0. The van der Waals surface area contributed by atoms with Crippen molar-refractivity contribution in [1.29, 1.82) is 0 Å². The molecule has 6 nitrogen and oxygen atoms in total. The first-order valence-corrected chi connectivity index (χ1v) is 10.2. The number of hydrogen-bond acceptors (Lipinski definition) is 4. The number of benzene rings is 3. The maximum absolute atomic E-state index is 13.0. The van der Waals surface area contributed by atoms with Crippen LogP contribution in [0.2, 0.25) is 10.0 Å². The first-order valence-electron chi connectivity index (χ1n) is 9.43. The van der Waals surface area contributed by atoms with Crippen LogP contribution in [-0.4, -0.2) is 27.9 Å². The van der Waals surface area contributed by atoms with Gasteiger partial charge in [-0.3, -0.25) is 14.5 Å². The number of carboxylic acids is 1. The van der Waals surface area contributed by atoms with E-state index in [1.54, 1.807) is 48.5 Å². The third-order valence-electron chi connectivity index (χ3n) is 5.14. The van der Waals surface area contributed by atoms with Crippen LogP contribution in [0.5, 0.6) is 0 Å². The molecule has 0 spiro atoms. The van der Waals surface area contributed by atoms with Crippen molar-refractivity contribution in [1.82, 2.24) is 0 Å². The number of rotatable bonds is 4. The van der Waals surface area contributed by atoms with Crippen LogP contribution in [-0.2, 0) is 9.59 Å². The van der Waals surface area contributed by atoms with E-state index < -0.39 is 23.7 Å². The number of amides is 1. The molecule has 160 valence electrons. The summed E-state index contributed by atoms with van der Waals surface area (Å²) in [7, 11) is 0. The molecular formula is C24H15Cl2NO5. The molecule has 0 bridgehead atoms. The Morgan fingerprint density at radius 3 is 1.78 bits per heavy atom. The van der Waals surface area contributed by atoms with Crippen molar-refractivity contribution in [3.05, 3.63) is 105 Å². The Bertz CT molecular complexity index is 1250. The molecule has 1 saturated heterocycles. The van der Waals surface area contributed by atoms with Gasteiger partial charge in [0.25, 0.3) is 11.7 Å². The zero-order valence-electron chi connectivity index (χ0n) is 16.3. The zero-order chi connectivity index (χ0) is 23.0. The summed E-state index contributed by atoms with van der Waals surface area (Å²) in [5.74, 6) is -3.16. The molecule has 3 aromatic carbocycles. The number of aliphatic hydroxyl groups excluding tert-OH is 1. The highest BCUT2D eigenvalue weighted by molar-refractivity contribution is 6.51. The van der Waals surface area contributed by atoms with Gasteiger partial charge in [0, 0.05) is 21.3 Å². The minimum atomic E-state index is -1.12. The van der Waals surface area contributed by atoms with Gasteiger partial charge in [0.05, 0.1) is 17.2 Å². The highest BCUT2D eigenvalue weighted by Gasteiger charge is 2.46. The summed E-state index contributed by atoms with van der Waals surface area (Å²) in [5, 5.41) is 21.1. The molecule has 1 heterocycles. The van der Waals surface area contributed by atoms with E-state index in [0.717, 1.165) is 0 Å². The van der Waals surface area contributed by atoms with Gasteiger partial charge in [-0.2, -0.15) is 0 Å². The Morgan fingerprint density at radius 1 is 0.750 bits per heavy atom. The summed E-state index contributed by atoms with van der Waals surface area (Å²) in [4.78, 5) is 38.5. The van der Waals surface area contributed by atoms with Gasteiger partial charge >= 0.3 is 5.97 Å². The molecule has 1 amide bonds. The van der Waals surface area contributed by atoms with Crippen molar-refractivity contribution in [3.63, 3.8) is 0 Å². The molecule has 8 heteroatoms. The van der Waals surface area contributed by atoms with Crippen LogP contribution in [0.3, 0.4) is 0 Å². The van der Waals surface area contributed by atoms with Gasteiger partial charge in [0.1, 0.15) is 5.76 Å². The van der Waals surface area contributed by atoms with E-state index in [1.807, 2.05) is 0 Å². The van der Waals surface area contributed by atoms with E-state index in [9.17, 15) is 19.5 Å². The highest BCUT2D eigenvalue weighted by Crippen LogP contribution is 2.42. The molecule has 1 aliphatic rings. The van der Waals surface area contributed by atoms with Crippen LogP contribution in [0, 0.1) is 0 Å². The van der Waals surface area contributed by atoms with Gasteiger partial charge in [-0.15, -0.1) is 0 Å². The Morgan fingerprint density at radius 2 is 1.25 bits per heavy atom. The normalized spacial score (nSPS) is 17.6. The van der Waals surface area contributed by atoms with Crippen molar-refractivity contribution < 1.29 is 24.6 Å². The van der Waals surface area contributed by atoms with Crippen molar-refractivity contribution in [3.8, 4) is 0 Å². The lowest BCUT2D eigenvalue weighted by Crippen LogP contribution is -2.29. The van der Waals surface area contributed by atoms with Gasteiger partial charge in [0.15, 0.2) is 0 Å². The molecule has 32 heavy (non-hydrogen) atoms. The lowest BCUT2D eigenvalue weighted by atomic mass is 9.95. The smallest absolute Gasteiger partial charge is 0.335 e. The number of Topliss-reactive ketones (excluding diaryl/α,β-unsaturated/α-hetero) is 1. The fourth-order valence-corrected chi connectivity index (χ4v) is 3.84. The largest absolute Gasteiger partial charge is 0.507 e. The number of nitrogens with zero attached hydrogens (tertiary/aromatic N) is 1. The van der Waals surface area contributed by atoms with Crippen molar-refractivity contribution in [2.45, 2.75) is 6.04 Å². The molecule has 3 aromatic rings. The number of anilines is 1. The number of halogens is 2. The van der Waals surface area contributed by atoms with Crippen LogP contribution >= 0.6 is 23.2 Å². The second-order valence-corrected chi connectivity index (χ2v) is 7.95. The highest BCUT2D eigenvalue weighted by atomic mass is 35.5. The third kappa shape index (κ3) is 3.86. The summed E-state index contributed by atoms with van der Waals surface area (Å²) < 4.78 is 0. The minimum Gasteiger partial charge on any atom is -0.507 e. The van der Waals surface area contributed by atoms with Crippen LogP contribution in [0.15, 0.2) is 78.4 Å². The third-order valence-corrected chi connectivity index (χ3v) is 5.64. The van der Waals surface area contributed by atoms with Crippen molar-refractivity contribution >= 4 is 52.3 Å². The lowest BCUT2D eigenvalue weighted by Gasteiger charge is -2.25. The van der Waals surface area contributed by atoms with Gasteiger partial charge in [-0.25, -0.2) is 4.79 Å². The Hall–Kier alpha value is -3.61. The summed E-state index contributed by atoms with van der Waals surface area (Å²) >= 11 is 11.9. The topological polar surface area (TPSA) is 94.9 Å². The number of aromatic carboxylic acids is 1. The quantitative estimate of drug-likeness (QED) is 0.307. The molecule has 0 radical (unpaired) electrons.